The molecule has 0 saturated carbocycles. The van der Waals surface area contributed by atoms with Crippen molar-refractivity contribution in [2.75, 3.05) is 13.2 Å². The molecular weight excluding hydrogens is 258 g/mol. The largest absolute Gasteiger partial charge is 0.481 e. The Balaban J connectivity index is 2.48. The number of hydrogen-bond donors (Lipinski definition) is 2. The van der Waals surface area contributed by atoms with Gasteiger partial charge in [-0.25, -0.2) is 0 Å². The van der Waals surface area contributed by atoms with Gasteiger partial charge in [-0.15, -0.1) is 0 Å². The van der Waals surface area contributed by atoms with E-state index in [1.807, 2.05) is 19.9 Å². The summed E-state index contributed by atoms with van der Waals surface area (Å²) in [5.41, 5.74) is 0.670. The molecule has 0 aliphatic rings. The maximum absolute atomic E-state index is 11.6. The molecule has 0 aliphatic heterocycles. The standard InChI is InChI=1S/C15H21NO4/c1-3-11(2)20-10-14(17)16-9-13(15(18)19)12-7-5-4-6-8-12/h4-8,11,13H,3,9-10H2,1-2H3,(H,16,17)(H,18,19). The van der Waals surface area contributed by atoms with Crippen molar-refractivity contribution in [3.63, 3.8) is 0 Å². The molecule has 0 bridgehead atoms. The van der Waals surface area contributed by atoms with Gasteiger partial charge in [-0.3, -0.25) is 9.59 Å². The fourth-order valence-corrected chi connectivity index (χ4v) is 1.64. The second-order valence-electron chi connectivity index (χ2n) is 4.64. The van der Waals surface area contributed by atoms with Crippen LogP contribution in [0.1, 0.15) is 31.7 Å². The molecule has 0 radical (unpaired) electrons. The summed E-state index contributed by atoms with van der Waals surface area (Å²) in [5.74, 6) is -2.00. The van der Waals surface area contributed by atoms with Crippen LogP contribution in [0.15, 0.2) is 30.3 Å². The van der Waals surface area contributed by atoms with Gasteiger partial charge in [0.1, 0.15) is 6.61 Å². The number of aliphatic carboxylic acids is 1. The number of benzene rings is 1. The second-order valence-corrected chi connectivity index (χ2v) is 4.64. The third-order valence-electron chi connectivity index (χ3n) is 3.08. The van der Waals surface area contributed by atoms with Crippen LogP contribution in [0.2, 0.25) is 0 Å². The quantitative estimate of drug-likeness (QED) is 0.760. The fourth-order valence-electron chi connectivity index (χ4n) is 1.64. The van der Waals surface area contributed by atoms with E-state index in [1.165, 1.54) is 0 Å². The van der Waals surface area contributed by atoms with Gasteiger partial charge >= 0.3 is 5.97 Å². The lowest BCUT2D eigenvalue weighted by molar-refractivity contribution is -0.138. The molecule has 1 aromatic rings. The smallest absolute Gasteiger partial charge is 0.312 e. The van der Waals surface area contributed by atoms with Gasteiger partial charge in [0.15, 0.2) is 0 Å². The van der Waals surface area contributed by atoms with Crippen LogP contribution in [-0.4, -0.2) is 36.2 Å². The van der Waals surface area contributed by atoms with Gasteiger partial charge in [0, 0.05) is 6.54 Å². The van der Waals surface area contributed by atoms with Crippen molar-refractivity contribution in [1.29, 1.82) is 0 Å². The van der Waals surface area contributed by atoms with E-state index in [0.717, 1.165) is 6.42 Å². The Kier molecular flexibility index (Phi) is 6.73. The fraction of sp³-hybridized carbons (Fsp3) is 0.467. The number of nitrogens with one attached hydrogen (secondary N) is 1. The zero-order valence-corrected chi connectivity index (χ0v) is 11.8. The van der Waals surface area contributed by atoms with Crippen molar-refractivity contribution in [1.82, 2.24) is 5.32 Å². The van der Waals surface area contributed by atoms with Crippen LogP contribution < -0.4 is 5.32 Å². The molecule has 2 N–H and O–H groups in total. The van der Waals surface area contributed by atoms with Crippen LogP contribution in [0.5, 0.6) is 0 Å². The number of amides is 1. The number of ether oxygens (including phenoxy) is 1. The number of hydrogen-bond acceptors (Lipinski definition) is 3. The minimum absolute atomic E-state index is 0.0187. The van der Waals surface area contributed by atoms with Gasteiger partial charge in [-0.1, -0.05) is 37.3 Å². The Morgan fingerprint density at radius 1 is 1.30 bits per heavy atom. The zero-order valence-electron chi connectivity index (χ0n) is 11.8. The summed E-state index contributed by atoms with van der Waals surface area (Å²) in [5, 5.41) is 11.8. The number of carboxylic acid groups (broad SMARTS) is 1. The van der Waals surface area contributed by atoms with Gasteiger partial charge in [-0.05, 0) is 18.9 Å². The topological polar surface area (TPSA) is 75.6 Å². The average Bonchev–Trinajstić information content (AvgIpc) is 2.45. The lowest BCUT2D eigenvalue weighted by atomic mass is 9.99. The van der Waals surface area contributed by atoms with Crippen molar-refractivity contribution >= 4 is 11.9 Å². The molecule has 5 heteroatoms. The molecule has 20 heavy (non-hydrogen) atoms. The highest BCUT2D eigenvalue weighted by Crippen LogP contribution is 2.14. The van der Waals surface area contributed by atoms with E-state index in [0.29, 0.717) is 5.56 Å². The second kappa shape index (κ2) is 8.32. The maximum atomic E-state index is 11.6. The van der Waals surface area contributed by atoms with Crippen LogP contribution in [-0.2, 0) is 14.3 Å². The Morgan fingerprint density at radius 3 is 2.50 bits per heavy atom. The summed E-state index contributed by atoms with van der Waals surface area (Å²) in [6, 6.07) is 8.85. The minimum Gasteiger partial charge on any atom is -0.481 e. The van der Waals surface area contributed by atoms with Crippen LogP contribution in [0.3, 0.4) is 0 Å². The van der Waals surface area contributed by atoms with Crippen LogP contribution >= 0.6 is 0 Å². The van der Waals surface area contributed by atoms with Crippen molar-refractivity contribution in [3.8, 4) is 0 Å². The van der Waals surface area contributed by atoms with Crippen molar-refractivity contribution < 1.29 is 19.4 Å². The molecule has 0 heterocycles. The summed E-state index contributed by atoms with van der Waals surface area (Å²) < 4.78 is 5.29. The third kappa shape index (κ3) is 5.40. The highest BCUT2D eigenvalue weighted by Gasteiger charge is 2.20. The molecule has 0 aromatic heterocycles. The van der Waals surface area contributed by atoms with E-state index >= 15 is 0 Å². The first-order valence-corrected chi connectivity index (χ1v) is 6.70. The highest BCUT2D eigenvalue weighted by atomic mass is 16.5. The maximum Gasteiger partial charge on any atom is 0.312 e. The van der Waals surface area contributed by atoms with Gasteiger partial charge in [0.25, 0.3) is 0 Å². The van der Waals surface area contributed by atoms with Gasteiger partial charge in [0.2, 0.25) is 5.91 Å². The van der Waals surface area contributed by atoms with Gasteiger partial charge < -0.3 is 15.2 Å². The predicted octanol–water partition coefficient (Wildman–Crippen LogP) is 1.79. The predicted molar refractivity (Wildman–Crippen MR) is 75.5 cm³/mol. The molecule has 0 saturated heterocycles. The van der Waals surface area contributed by atoms with E-state index < -0.39 is 11.9 Å². The first-order valence-electron chi connectivity index (χ1n) is 6.70. The van der Waals surface area contributed by atoms with Gasteiger partial charge in [-0.2, -0.15) is 0 Å². The number of carboxylic acids is 1. The van der Waals surface area contributed by atoms with E-state index in [-0.39, 0.29) is 25.2 Å². The molecule has 110 valence electrons. The van der Waals surface area contributed by atoms with E-state index in [4.69, 9.17) is 4.74 Å². The first kappa shape index (κ1) is 16.2. The lowest BCUT2D eigenvalue weighted by Crippen LogP contribution is -2.34. The summed E-state index contributed by atoms with van der Waals surface area (Å²) >= 11 is 0. The molecule has 0 aliphatic carbocycles. The Labute approximate surface area is 118 Å². The minimum atomic E-state index is -0.959. The molecule has 1 amide bonds. The monoisotopic (exact) mass is 279 g/mol. The molecule has 1 rings (SSSR count). The summed E-state index contributed by atoms with van der Waals surface area (Å²) in [4.78, 5) is 22.8. The van der Waals surface area contributed by atoms with E-state index in [2.05, 4.69) is 5.32 Å². The molecule has 2 atom stereocenters. The highest BCUT2D eigenvalue weighted by molar-refractivity contribution is 5.80. The molecule has 2 unspecified atom stereocenters. The summed E-state index contributed by atoms with van der Waals surface area (Å²) in [7, 11) is 0. The molecule has 0 fully saturated rings. The van der Waals surface area contributed by atoms with E-state index in [1.54, 1.807) is 24.3 Å². The molecular formula is C15H21NO4. The van der Waals surface area contributed by atoms with Crippen LogP contribution in [0.4, 0.5) is 0 Å². The van der Waals surface area contributed by atoms with Gasteiger partial charge in [0.05, 0.1) is 12.0 Å². The summed E-state index contributed by atoms with van der Waals surface area (Å²) in [6.45, 7) is 3.87. The Morgan fingerprint density at radius 2 is 1.95 bits per heavy atom. The molecule has 1 aromatic carbocycles. The van der Waals surface area contributed by atoms with Crippen LogP contribution in [0, 0.1) is 0 Å². The van der Waals surface area contributed by atoms with Crippen molar-refractivity contribution in [2.45, 2.75) is 32.3 Å². The third-order valence-corrected chi connectivity index (χ3v) is 3.08. The summed E-state index contributed by atoms with van der Waals surface area (Å²) in [6.07, 6.45) is 0.847. The number of rotatable bonds is 8. The first-order chi connectivity index (χ1) is 9.54. The molecule has 0 spiro atoms. The molecule has 5 nitrogen and oxygen atoms in total. The Hall–Kier alpha value is -1.88. The average molecular weight is 279 g/mol. The van der Waals surface area contributed by atoms with E-state index in [9.17, 15) is 14.7 Å². The lowest BCUT2D eigenvalue weighted by Gasteiger charge is -2.15. The van der Waals surface area contributed by atoms with Crippen molar-refractivity contribution in [2.24, 2.45) is 0 Å². The van der Waals surface area contributed by atoms with Crippen molar-refractivity contribution in [3.05, 3.63) is 35.9 Å². The number of carbonyl (C=O) groups is 2. The normalized spacial score (nSPS) is 13.5. The Bertz CT molecular complexity index is 433. The number of carbonyl (C=O) groups excluding carboxylic acids is 1. The SMILES string of the molecule is CCC(C)OCC(=O)NCC(C(=O)O)c1ccccc1. The zero-order chi connectivity index (χ0) is 15.0. The van der Waals surface area contributed by atoms with Crippen LogP contribution in [0.25, 0.3) is 0 Å².